The van der Waals surface area contributed by atoms with E-state index in [2.05, 4.69) is 47.6 Å². The van der Waals surface area contributed by atoms with Crippen LogP contribution < -0.4 is 4.74 Å². The molecule has 0 aliphatic carbocycles. The minimum absolute atomic E-state index is 0.130. The van der Waals surface area contributed by atoms with Crippen LogP contribution in [0, 0.1) is 11.3 Å². The molecule has 4 heteroatoms. The molecule has 0 bridgehead atoms. The van der Waals surface area contributed by atoms with Gasteiger partial charge in [-0.2, -0.15) is 5.26 Å². The highest BCUT2D eigenvalue weighted by Gasteiger charge is 2.28. The predicted octanol–water partition coefficient (Wildman–Crippen LogP) is 4.15. The summed E-state index contributed by atoms with van der Waals surface area (Å²) in [4.78, 5) is 0. The van der Waals surface area contributed by atoms with Crippen LogP contribution in [0.4, 0.5) is 0 Å². The molecule has 1 aromatic rings. The standard InChI is InChI=1S/C19H29NO3/c1-18(2,3)15-10-14(12-20)11-16(19(4,5)6)17(15)23-13-22-9-8-21-7/h10-11H,8-9,13H2,1-7H3. The first-order valence-electron chi connectivity index (χ1n) is 7.90. The highest BCUT2D eigenvalue weighted by Crippen LogP contribution is 2.40. The molecule has 0 saturated carbocycles. The molecule has 128 valence electrons. The van der Waals surface area contributed by atoms with Gasteiger partial charge in [0.25, 0.3) is 0 Å². The van der Waals surface area contributed by atoms with Gasteiger partial charge in [-0.3, -0.25) is 0 Å². The summed E-state index contributed by atoms with van der Waals surface area (Å²) in [6, 6.07) is 6.09. The van der Waals surface area contributed by atoms with Crippen LogP contribution in [0.3, 0.4) is 0 Å². The average Bonchev–Trinajstić information content (AvgIpc) is 2.44. The van der Waals surface area contributed by atoms with Crippen molar-refractivity contribution in [2.45, 2.75) is 52.4 Å². The van der Waals surface area contributed by atoms with Gasteiger partial charge in [0, 0.05) is 18.2 Å². The quantitative estimate of drug-likeness (QED) is 0.584. The molecule has 0 aliphatic heterocycles. The van der Waals surface area contributed by atoms with Crippen molar-refractivity contribution in [2.24, 2.45) is 0 Å². The fraction of sp³-hybridized carbons (Fsp3) is 0.632. The Labute approximate surface area is 140 Å². The smallest absolute Gasteiger partial charge is 0.189 e. The first kappa shape index (κ1) is 19.5. The Morgan fingerprint density at radius 2 is 1.48 bits per heavy atom. The summed E-state index contributed by atoms with van der Waals surface area (Å²) in [5.74, 6) is 0.821. The molecule has 0 saturated heterocycles. The van der Waals surface area contributed by atoms with Gasteiger partial charge in [-0.1, -0.05) is 41.5 Å². The molecule has 0 N–H and O–H groups in total. The van der Waals surface area contributed by atoms with Gasteiger partial charge in [0.2, 0.25) is 0 Å². The monoisotopic (exact) mass is 319 g/mol. The third kappa shape index (κ3) is 5.53. The van der Waals surface area contributed by atoms with E-state index in [1.54, 1.807) is 7.11 Å². The molecular formula is C19H29NO3. The summed E-state index contributed by atoms with van der Waals surface area (Å²) >= 11 is 0. The maximum absolute atomic E-state index is 9.35. The molecule has 0 fully saturated rings. The number of rotatable bonds is 6. The van der Waals surface area contributed by atoms with Gasteiger partial charge >= 0.3 is 0 Å². The minimum Gasteiger partial charge on any atom is -0.467 e. The van der Waals surface area contributed by atoms with Crippen molar-refractivity contribution in [2.75, 3.05) is 27.1 Å². The van der Waals surface area contributed by atoms with E-state index in [0.717, 1.165) is 16.9 Å². The molecule has 1 rings (SSSR count). The Kier molecular flexibility index (Phi) is 6.61. The van der Waals surface area contributed by atoms with E-state index in [1.165, 1.54) is 0 Å². The van der Waals surface area contributed by atoms with E-state index in [0.29, 0.717) is 18.8 Å². The number of nitrogens with zero attached hydrogens (tertiary/aromatic N) is 1. The van der Waals surface area contributed by atoms with Crippen LogP contribution in [-0.2, 0) is 20.3 Å². The van der Waals surface area contributed by atoms with Gasteiger partial charge in [0.05, 0.1) is 24.8 Å². The second-order valence-corrected chi connectivity index (χ2v) is 7.68. The summed E-state index contributed by atoms with van der Waals surface area (Å²) in [6.07, 6.45) is 0. The first-order valence-corrected chi connectivity index (χ1v) is 7.90. The highest BCUT2D eigenvalue weighted by atomic mass is 16.7. The Morgan fingerprint density at radius 1 is 0.957 bits per heavy atom. The number of ether oxygens (including phenoxy) is 3. The molecule has 0 heterocycles. The fourth-order valence-corrected chi connectivity index (χ4v) is 2.26. The number of benzene rings is 1. The van der Waals surface area contributed by atoms with Gasteiger partial charge in [-0.15, -0.1) is 0 Å². The van der Waals surface area contributed by atoms with E-state index in [4.69, 9.17) is 14.2 Å². The van der Waals surface area contributed by atoms with Crippen LogP contribution >= 0.6 is 0 Å². The van der Waals surface area contributed by atoms with E-state index in [9.17, 15) is 5.26 Å². The third-order valence-corrected chi connectivity index (χ3v) is 3.55. The molecule has 0 amide bonds. The Hall–Kier alpha value is -1.57. The number of hydrogen-bond donors (Lipinski definition) is 0. The van der Waals surface area contributed by atoms with E-state index in [1.807, 2.05) is 12.1 Å². The van der Waals surface area contributed by atoms with Crippen LogP contribution in [-0.4, -0.2) is 27.1 Å². The van der Waals surface area contributed by atoms with Crippen molar-refractivity contribution >= 4 is 0 Å². The molecule has 23 heavy (non-hydrogen) atoms. The van der Waals surface area contributed by atoms with Crippen LogP contribution in [0.5, 0.6) is 5.75 Å². The number of nitriles is 1. The number of hydrogen-bond acceptors (Lipinski definition) is 4. The normalized spacial score (nSPS) is 12.1. The molecule has 0 spiro atoms. The van der Waals surface area contributed by atoms with Crippen LogP contribution in [0.1, 0.15) is 58.2 Å². The van der Waals surface area contributed by atoms with Crippen LogP contribution in [0.15, 0.2) is 12.1 Å². The Bertz CT molecular complexity index is 524. The lowest BCUT2D eigenvalue weighted by molar-refractivity contribution is -0.00992. The van der Waals surface area contributed by atoms with E-state index in [-0.39, 0.29) is 17.6 Å². The largest absolute Gasteiger partial charge is 0.467 e. The summed E-state index contributed by atoms with van der Waals surface area (Å²) in [6.45, 7) is 13.9. The number of methoxy groups -OCH3 is 1. The summed E-state index contributed by atoms with van der Waals surface area (Å²) in [7, 11) is 1.64. The van der Waals surface area contributed by atoms with Crippen molar-refractivity contribution < 1.29 is 14.2 Å². The maximum atomic E-state index is 9.35. The van der Waals surface area contributed by atoms with Crippen molar-refractivity contribution in [1.82, 2.24) is 0 Å². The third-order valence-electron chi connectivity index (χ3n) is 3.55. The molecule has 1 aromatic carbocycles. The molecule has 0 aliphatic rings. The second kappa shape index (κ2) is 7.81. The summed E-state index contributed by atoms with van der Waals surface area (Å²) < 4.78 is 16.4. The summed E-state index contributed by atoms with van der Waals surface area (Å²) in [5, 5.41) is 9.35. The van der Waals surface area contributed by atoms with E-state index < -0.39 is 0 Å². The molecule has 0 atom stereocenters. The summed E-state index contributed by atoms with van der Waals surface area (Å²) in [5.41, 5.74) is 2.45. The van der Waals surface area contributed by atoms with Gasteiger partial charge in [0.1, 0.15) is 5.75 Å². The van der Waals surface area contributed by atoms with Crippen LogP contribution in [0.25, 0.3) is 0 Å². The predicted molar refractivity (Wildman–Crippen MR) is 91.9 cm³/mol. The first-order chi connectivity index (χ1) is 10.6. The lowest BCUT2D eigenvalue weighted by atomic mass is 9.78. The van der Waals surface area contributed by atoms with Crippen molar-refractivity contribution in [1.29, 1.82) is 5.26 Å². The van der Waals surface area contributed by atoms with Gasteiger partial charge in [-0.25, -0.2) is 0 Å². The zero-order chi connectivity index (χ0) is 17.7. The lowest BCUT2D eigenvalue weighted by Gasteiger charge is -2.29. The lowest BCUT2D eigenvalue weighted by Crippen LogP contribution is -2.21. The highest BCUT2D eigenvalue weighted by molar-refractivity contribution is 5.53. The zero-order valence-electron chi connectivity index (χ0n) is 15.4. The van der Waals surface area contributed by atoms with E-state index >= 15 is 0 Å². The zero-order valence-corrected chi connectivity index (χ0v) is 15.4. The molecule has 0 unspecified atom stereocenters. The topological polar surface area (TPSA) is 51.5 Å². The second-order valence-electron chi connectivity index (χ2n) is 7.68. The average molecular weight is 319 g/mol. The van der Waals surface area contributed by atoms with Crippen molar-refractivity contribution in [3.05, 3.63) is 28.8 Å². The molecule has 0 radical (unpaired) electrons. The van der Waals surface area contributed by atoms with Crippen molar-refractivity contribution in [3.63, 3.8) is 0 Å². The van der Waals surface area contributed by atoms with Gasteiger partial charge in [0.15, 0.2) is 6.79 Å². The molecule has 4 nitrogen and oxygen atoms in total. The molecular weight excluding hydrogens is 290 g/mol. The fourth-order valence-electron chi connectivity index (χ4n) is 2.26. The maximum Gasteiger partial charge on any atom is 0.189 e. The van der Waals surface area contributed by atoms with Gasteiger partial charge in [-0.05, 0) is 23.0 Å². The Morgan fingerprint density at radius 3 is 1.87 bits per heavy atom. The van der Waals surface area contributed by atoms with Gasteiger partial charge < -0.3 is 14.2 Å². The van der Waals surface area contributed by atoms with Crippen molar-refractivity contribution in [3.8, 4) is 11.8 Å². The minimum atomic E-state index is -0.130. The SMILES string of the molecule is COCCOCOc1c(C(C)(C)C)cc(C#N)cc1C(C)(C)C. The van der Waals surface area contributed by atoms with Crippen LogP contribution in [0.2, 0.25) is 0 Å². The molecule has 0 aromatic heterocycles. The Balaban J connectivity index is 3.24.